The lowest BCUT2D eigenvalue weighted by Gasteiger charge is -2.10. The number of aromatic nitrogens is 2. The van der Waals surface area contributed by atoms with E-state index < -0.39 is 0 Å². The molecule has 0 spiro atoms. The second-order valence-corrected chi connectivity index (χ2v) is 6.57. The number of unbranched alkanes of at least 4 members (excludes halogenated alkanes) is 1. The first kappa shape index (κ1) is 21.9. The van der Waals surface area contributed by atoms with Gasteiger partial charge in [-0.05, 0) is 28.7 Å². The largest absolute Gasteiger partial charge is 0.370 e. The Morgan fingerprint density at radius 2 is 1.93 bits per heavy atom. The number of benzene rings is 2. The molecule has 0 bridgehead atoms. The lowest BCUT2D eigenvalue weighted by Crippen LogP contribution is -2.32. The quantitative estimate of drug-likeness (QED) is 0.213. The van der Waals surface area contributed by atoms with Crippen LogP contribution in [0.5, 0.6) is 0 Å². The summed E-state index contributed by atoms with van der Waals surface area (Å²) in [5.74, 6) is 0.508. The van der Waals surface area contributed by atoms with Gasteiger partial charge >= 0.3 is 0 Å². The van der Waals surface area contributed by atoms with Gasteiger partial charge in [0.1, 0.15) is 0 Å². The molecule has 28 heavy (non-hydrogen) atoms. The van der Waals surface area contributed by atoms with E-state index >= 15 is 0 Å². The van der Waals surface area contributed by atoms with E-state index in [4.69, 9.17) is 5.73 Å². The van der Waals surface area contributed by atoms with Crippen molar-refractivity contribution < 1.29 is 0 Å². The number of halogens is 1. The van der Waals surface area contributed by atoms with Gasteiger partial charge in [0.05, 0.1) is 12.9 Å². The molecule has 5 nitrogen and oxygen atoms in total. The molecule has 0 fully saturated rings. The van der Waals surface area contributed by atoms with Crippen LogP contribution in [-0.2, 0) is 13.1 Å². The Labute approximate surface area is 184 Å². The molecule has 1 heterocycles. The summed E-state index contributed by atoms with van der Waals surface area (Å²) in [5.41, 5.74) is 10.8. The van der Waals surface area contributed by atoms with Crippen molar-refractivity contribution in [3.8, 4) is 11.1 Å². The molecule has 2 aromatic carbocycles. The lowest BCUT2D eigenvalue weighted by atomic mass is 9.98. The van der Waals surface area contributed by atoms with Crippen molar-refractivity contribution in [3.63, 3.8) is 0 Å². The smallest absolute Gasteiger partial charge is 0.188 e. The van der Waals surface area contributed by atoms with Gasteiger partial charge in [0.2, 0.25) is 0 Å². The van der Waals surface area contributed by atoms with E-state index in [1.54, 1.807) is 6.20 Å². The van der Waals surface area contributed by atoms with E-state index in [1.807, 2.05) is 18.6 Å². The number of aliphatic imine (C=N–C) groups is 1. The van der Waals surface area contributed by atoms with Gasteiger partial charge in [-0.15, -0.1) is 24.0 Å². The van der Waals surface area contributed by atoms with Crippen LogP contribution in [0.15, 0.2) is 72.2 Å². The molecule has 3 aromatic rings. The van der Waals surface area contributed by atoms with Gasteiger partial charge in [0.15, 0.2) is 5.96 Å². The Morgan fingerprint density at radius 3 is 2.64 bits per heavy atom. The minimum Gasteiger partial charge on any atom is -0.370 e. The molecular formula is C22H28IN5. The molecule has 0 atom stereocenters. The van der Waals surface area contributed by atoms with E-state index in [0.29, 0.717) is 12.5 Å². The highest BCUT2D eigenvalue weighted by molar-refractivity contribution is 14.0. The number of nitrogens with two attached hydrogens (primary N) is 1. The molecule has 6 heteroatoms. The topological polar surface area (TPSA) is 68.2 Å². The van der Waals surface area contributed by atoms with Crippen LogP contribution in [0.2, 0.25) is 0 Å². The van der Waals surface area contributed by atoms with Crippen LogP contribution in [-0.4, -0.2) is 22.1 Å². The van der Waals surface area contributed by atoms with Crippen molar-refractivity contribution in [2.24, 2.45) is 10.7 Å². The lowest BCUT2D eigenvalue weighted by molar-refractivity contribution is 0.748. The first-order chi connectivity index (χ1) is 13.3. The van der Waals surface area contributed by atoms with E-state index in [9.17, 15) is 0 Å². The highest BCUT2D eigenvalue weighted by Gasteiger charge is 2.05. The minimum absolute atomic E-state index is 0. The maximum absolute atomic E-state index is 5.97. The molecule has 0 saturated heterocycles. The number of hydrogen-bond donors (Lipinski definition) is 2. The fraction of sp³-hybridized carbons (Fsp3) is 0.273. The molecule has 3 rings (SSSR count). The number of guanidine groups is 1. The average Bonchev–Trinajstić information content (AvgIpc) is 3.20. The van der Waals surface area contributed by atoms with Gasteiger partial charge in [0, 0.05) is 25.5 Å². The molecule has 0 unspecified atom stereocenters. The number of rotatable bonds is 8. The molecule has 1 aromatic heterocycles. The molecule has 0 radical (unpaired) electrons. The summed E-state index contributed by atoms with van der Waals surface area (Å²) in [5, 5.41) is 3.16. The Morgan fingerprint density at radius 1 is 1.14 bits per heavy atom. The minimum atomic E-state index is 0. The molecule has 0 aliphatic rings. The number of nitrogens with zero attached hydrogens (tertiary/aromatic N) is 3. The maximum atomic E-state index is 5.97. The summed E-state index contributed by atoms with van der Waals surface area (Å²) in [6.07, 6.45) is 7.84. The Bertz CT molecular complexity index is 857. The van der Waals surface area contributed by atoms with Crippen molar-refractivity contribution in [3.05, 3.63) is 78.4 Å². The molecule has 3 N–H and O–H groups in total. The third-order valence-electron chi connectivity index (χ3n) is 4.46. The highest BCUT2D eigenvalue weighted by atomic mass is 127. The van der Waals surface area contributed by atoms with Gasteiger partial charge in [-0.2, -0.15) is 0 Å². The summed E-state index contributed by atoms with van der Waals surface area (Å²) >= 11 is 0. The van der Waals surface area contributed by atoms with Gasteiger partial charge < -0.3 is 15.6 Å². The molecule has 0 amide bonds. The molecule has 148 valence electrons. The zero-order valence-corrected chi connectivity index (χ0v) is 18.5. The fourth-order valence-electron chi connectivity index (χ4n) is 2.94. The average molecular weight is 489 g/mol. The van der Waals surface area contributed by atoms with Crippen molar-refractivity contribution >= 4 is 29.9 Å². The Balaban J connectivity index is 0.00000280. The zero-order valence-electron chi connectivity index (χ0n) is 16.2. The van der Waals surface area contributed by atoms with Gasteiger partial charge in [-0.3, -0.25) is 0 Å². The van der Waals surface area contributed by atoms with Crippen LogP contribution in [0, 0.1) is 0 Å². The van der Waals surface area contributed by atoms with E-state index in [0.717, 1.165) is 25.9 Å². The normalized spacial score (nSPS) is 11.1. The maximum Gasteiger partial charge on any atom is 0.188 e. The predicted molar refractivity (Wildman–Crippen MR) is 127 cm³/mol. The van der Waals surface area contributed by atoms with Crippen LogP contribution >= 0.6 is 24.0 Å². The van der Waals surface area contributed by atoms with Crippen molar-refractivity contribution in [1.82, 2.24) is 14.9 Å². The van der Waals surface area contributed by atoms with E-state index in [1.165, 1.54) is 22.3 Å². The Kier molecular flexibility index (Phi) is 9.00. The second-order valence-electron chi connectivity index (χ2n) is 6.57. The van der Waals surface area contributed by atoms with Crippen LogP contribution in [0.25, 0.3) is 11.1 Å². The van der Waals surface area contributed by atoms with Crippen LogP contribution in [0.4, 0.5) is 0 Å². The van der Waals surface area contributed by atoms with Crippen LogP contribution in [0.3, 0.4) is 0 Å². The molecular weight excluding hydrogens is 461 g/mol. The SMILES string of the molecule is CCCCNC(N)=NCc1ccccc1-c1ccc(Cn2ccnc2)cc1.I. The van der Waals surface area contributed by atoms with Gasteiger partial charge in [-0.1, -0.05) is 61.9 Å². The first-order valence-electron chi connectivity index (χ1n) is 9.43. The third kappa shape index (κ3) is 6.37. The monoisotopic (exact) mass is 489 g/mol. The summed E-state index contributed by atoms with van der Waals surface area (Å²) in [6, 6.07) is 17.0. The first-order valence-corrected chi connectivity index (χ1v) is 9.43. The number of imidazole rings is 1. The summed E-state index contributed by atoms with van der Waals surface area (Å²) < 4.78 is 2.06. The molecule has 0 aliphatic heterocycles. The zero-order chi connectivity index (χ0) is 18.9. The number of nitrogens with one attached hydrogen (secondary N) is 1. The standard InChI is InChI=1S/C22H27N5.HI/c1-2-3-12-25-22(23)26-15-20-6-4-5-7-21(20)19-10-8-18(9-11-19)16-27-14-13-24-17-27;/h4-11,13-14,17H,2-3,12,15-16H2,1H3,(H3,23,25,26);1H. The van der Waals surface area contributed by atoms with Crippen LogP contribution in [0.1, 0.15) is 30.9 Å². The van der Waals surface area contributed by atoms with Gasteiger partial charge in [0.25, 0.3) is 0 Å². The second kappa shape index (κ2) is 11.5. The third-order valence-corrected chi connectivity index (χ3v) is 4.46. The van der Waals surface area contributed by atoms with Crippen LogP contribution < -0.4 is 11.1 Å². The van der Waals surface area contributed by atoms with E-state index in [2.05, 4.69) is 69.2 Å². The number of hydrogen-bond acceptors (Lipinski definition) is 2. The van der Waals surface area contributed by atoms with E-state index in [-0.39, 0.29) is 24.0 Å². The van der Waals surface area contributed by atoms with Crippen molar-refractivity contribution in [1.29, 1.82) is 0 Å². The predicted octanol–water partition coefficient (Wildman–Crippen LogP) is 4.42. The molecule has 0 aliphatic carbocycles. The Hall–Kier alpha value is -2.35. The fourth-order valence-corrected chi connectivity index (χ4v) is 2.94. The summed E-state index contributed by atoms with van der Waals surface area (Å²) in [4.78, 5) is 8.58. The van der Waals surface area contributed by atoms with Gasteiger partial charge in [-0.25, -0.2) is 9.98 Å². The summed E-state index contributed by atoms with van der Waals surface area (Å²) in [7, 11) is 0. The molecule has 0 saturated carbocycles. The highest BCUT2D eigenvalue weighted by Crippen LogP contribution is 2.25. The van der Waals surface area contributed by atoms with Crippen molar-refractivity contribution in [2.45, 2.75) is 32.9 Å². The van der Waals surface area contributed by atoms with Crippen molar-refractivity contribution in [2.75, 3.05) is 6.54 Å². The summed E-state index contributed by atoms with van der Waals surface area (Å²) in [6.45, 7) is 4.42.